The van der Waals surface area contributed by atoms with Crippen LogP contribution in [0.1, 0.15) is 133 Å². The Labute approximate surface area is 282 Å². The Morgan fingerprint density at radius 3 is 1.33 bits per heavy atom. The third-order valence-electron chi connectivity index (χ3n) is 10.4. The molecule has 1 fully saturated rings. The highest BCUT2D eigenvalue weighted by atomic mass is 14.4. The standard InChI is InChI=1S/C46H62/c1-31(2)14-18-36-22-37(19-15-32(3)4)26-41(25-36)45-43-29-40(24-35-12-10-9-11-13-35)44(30-43)46(45)42-27-38(20-16-33(5)6)23-39(28-42)21-17-34(7)8/h9-13,22-23,25-28,31-34,40H,14-21,24,29-30H2,1-8H3. The van der Waals surface area contributed by atoms with Crippen molar-refractivity contribution in [2.24, 2.45) is 29.6 Å². The highest BCUT2D eigenvalue weighted by Crippen LogP contribution is 2.56. The Bertz CT molecular complexity index is 1450. The second kappa shape index (κ2) is 15.8. The van der Waals surface area contributed by atoms with Crippen molar-refractivity contribution in [2.75, 3.05) is 0 Å². The summed E-state index contributed by atoms with van der Waals surface area (Å²) in [6.45, 7) is 18.9. The molecule has 0 spiro atoms. The summed E-state index contributed by atoms with van der Waals surface area (Å²) >= 11 is 0. The number of hydrogen-bond donors (Lipinski definition) is 0. The van der Waals surface area contributed by atoms with Crippen molar-refractivity contribution >= 4 is 11.1 Å². The maximum Gasteiger partial charge on any atom is -0.00863 e. The van der Waals surface area contributed by atoms with Crippen molar-refractivity contribution in [3.05, 3.63) is 117 Å². The molecule has 2 bridgehead atoms. The summed E-state index contributed by atoms with van der Waals surface area (Å²) in [5.41, 5.74) is 17.2. The number of allylic oxidation sites excluding steroid dienone is 4. The first kappa shape index (κ1) is 34.5. The lowest BCUT2D eigenvalue weighted by Crippen LogP contribution is -2.09. The van der Waals surface area contributed by atoms with Crippen LogP contribution >= 0.6 is 0 Å². The van der Waals surface area contributed by atoms with E-state index in [1.807, 2.05) is 0 Å². The molecule has 0 N–H and O–H groups in total. The van der Waals surface area contributed by atoms with Gasteiger partial charge in [-0.15, -0.1) is 0 Å². The fourth-order valence-corrected chi connectivity index (χ4v) is 7.67. The summed E-state index contributed by atoms with van der Waals surface area (Å²) in [6, 6.07) is 26.7. The van der Waals surface area contributed by atoms with Gasteiger partial charge in [0.2, 0.25) is 0 Å². The van der Waals surface area contributed by atoms with E-state index in [0.717, 1.165) is 36.5 Å². The van der Waals surface area contributed by atoms with Gasteiger partial charge in [0.1, 0.15) is 0 Å². The van der Waals surface area contributed by atoms with E-state index in [9.17, 15) is 0 Å². The molecule has 0 amide bonds. The molecule has 0 heteroatoms. The van der Waals surface area contributed by atoms with E-state index in [0.29, 0.717) is 5.92 Å². The van der Waals surface area contributed by atoms with Gasteiger partial charge < -0.3 is 0 Å². The smallest absolute Gasteiger partial charge is 0.00863 e. The molecule has 0 saturated heterocycles. The molecule has 2 aliphatic carbocycles. The molecule has 5 rings (SSSR count). The zero-order valence-electron chi connectivity index (χ0n) is 30.5. The van der Waals surface area contributed by atoms with Gasteiger partial charge >= 0.3 is 0 Å². The highest BCUT2D eigenvalue weighted by molar-refractivity contribution is 6.11. The lowest BCUT2D eigenvalue weighted by atomic mass is 9.79. The lowest BCUT2D eigenvalue weighted by molar-refractivity contribution is 0.581. The van der Waals surface area contributed by atoms with Crippen molar-refractivity contribution in [1.29, 1.82) is 0 Å². The summed E-state index contributed by atoms with van der Waals surface area (Å²) in [5.74, 6) is 3.50. The summed E-state index contributed by atoms with van der Waals surface area (Å²) in [5, 5.41) is 0. The molecule has 3 aromatic carbocycles. The van der Waals surface area contributed by atoms with Crippen LogP contribution in [0.3, 0.4) is 0 Å². The van der Waals surface area contributed by atoms with Gasteiger partial charge in [-0.2, -0.15) is 0 Å². The van der Waals surface area contributed by atoms with Crippen LogP contribution in [0.25, 0.3) is 11.1 Å². The second-order valence-corrected chi connectivity index (χ2v) is 16.5. The highest BCUT2D eigenvalue weighted by Gasteiger charge is 2.38. The van der Waals surface area contributed by atoms with E-state index in [4.69, 9.17) is 0 Å². The number of rotatable bonds is 16. The van der Waals surface area contributed by atoms with E-state index in [-0.39, 0.29) is 0 Å². The first-order chi connectivity index (χ1) is 22.0. The average Bonchev–Trinajstić information content (AvgIpc) is 3.60. The van der Waals surface area contributed by atoms with Crippen molar-refractivity contribution in [1.82, 2.24) is 0 Å². The molecular weight excluding hydrogens is 553 g/mol. The Hall–Kier alpha value is -2.86. The Morgan fingerprint density at radius 2 is 0.913 bits per heavy atom. The zero-order valence-corrected chi connectivity index (χ0v) is 30.5. The Kier molecular flexibility index (Phi) is 11.9. The van der Waals surface area contributed by atoms with Crippen LogP contribution in [0.5, 0.6) is 0 Å². The normalized spacial score (nSPS) is 16.4. The van der Waals surface area contributed by atoms with E-state index in [1.165, 1.54) is 96.7 Å². The van der Waals surface area contributed by atoms with Gasteiger partial charge in [-0.25, -0.2) is 0 Å². The molecule has 1 unspecified atom stereocenters. The summed E-state index contributed by atoms with van der Waals surface area (Å²) < 4.78 is 0. The van der Waals surface area contributed by atoms with E-state index in [1.54, 1.807) is 22.3 Å². The quantitative estimate of drug-likeness (QED) is 0.151. The fraction of sp³-hybridized carbons (Fsp3) is 0.522. The van der Waals surface area contributed by atoms with Crippen LogP contribution in [0.2, 0.25) is 0 Å². The molecule has 46 heavy (non-hydrogen) atoms. The first-order valence-electron chi connectivity index (χ1n) is 18.8. The molecule has 246 valence electrons. The number of benzene rings is 3. The molecule has 0 nitrogen and oxygen atoms in total. The van der Waals surface area contributed by atoms with Crippen LogP contribution in [0.4, 0.5) is 0 Å². The van der Waals surface area contributed by atoms with Gasteiger partial charge in [-0.1, -0.05) is 133 Å². The monoisotopic (exact) mass is 614 g/mol. The minimum Gasteiger partial charge on any atom is -0.0628 e. The molecule has 1 saturated carbocycles. The number of hydrogen-bond acceptors (Lipinski definition) is 0. The molecule has 2 aliphatic rings. The largest absolute Gasteiger partial charge is 0.0628 e. The SMILES string of the molecule is CC(C)CCc1cc(CCC(C)C)cc(C2=C3CC(=C2c2cc(CCC(C)C)cc(CCC(C)C)c2)C(Cc2ccccc2)C3)c1. The van der Waals surface area contributed by atoms with Gasteiger partial charge in [0.05, 0.1) is 0 Å². The molecular formula is C46H62. The predicted octanol–water partition coefficient (Wildman–Crippen LogP) is 12.9. The molecule has 0 aliphatic heterocycles. The van der Waals surface area contributed by atoms with Crippen molar-refractivity contribution in [3.8, 4) is 0 Å². The molecule has 0 radical (unpaired) electrons. The third-order valence-corrected chi connectivity index (χ3v) is 10.4. The van der Waals surface area contributed by atoms with Gasteiger partial charge in [0.15, 0.2) is 0 Å². The third kappa shape index (κ3) is 9.14. The van der Waals surface area contributed by atoms with Gasteiger partial charge in [-0.3, -0.25) is 0 Å². The molecule has 1 atom stereocenters. The maximum atomic E-state index is 2.59. The van der Waals surface area contributed by atoms with Crippen molar-refractivity contribution in [3.63, 3.8) is 0 Å². The average molecular weight is 615 g/mol. The molecule has 0 heterocycles. The van der Waals surface area contributed by atoms with Crippen molar-refractivity contribution < 1.29 is 0 Å². The van der Waals surface area contributed by atoms with E-state index in [2.05, 4.69) is 122 Å². The predicted molar refractivity (Wildman–Crippen MR) is 202 cm³/mol. The minimum atomic E-state index is 0.610. The minimum absolute atomic E-state index is 0.610. The summed E-state index contributed by atoms with van der Waals surface area (Å²) in [7, 11) is 0. The van der Waals surface area contributed by atoms with Gasteiger partial charge in [0.25, 0.3) is 0 Å². The Balaban J connectivity index is 1.62. The lowest BCUT2D eigenvalue weighted by Gasteiger charge is -2.25. The zero-order chi connectivity index (χ0) is 32.8. The van der Waals surface area contributed by atoms with Crippen LogP contribution in [0, 0.1) is 29.6 Å². The van der Waals surface area contributed by atoms with Crippen molar-refractivity contribution in [2.45, 2.75) is 126 Å². The van der Waals surface area contributed by atoms with Crippen LogP contribution in [-0.2, 0) is 32.1 Å². The maximum absolute atomic E-state index is 2.59. The molecule has 3 aromatic rings. The van der Waals surface area contributed by atoms with Crippen LogP contribution < -0.4 is 0 Å². The summed E-state index contributed by atoms with van der Waals surface area (Å²) in [6.07, 6.45) is 13.2. The topological polar surface area (TPSA) is 0 Å². The first-order valence-corrected chi connectivity index (χ1v) is 18.8. The van der Waals surface area contributed by atoms with Gasteiger partial charge in [-0.05, 0) is 150 Å². The van der Waals surface area contributed by atoms with Crippen LogP contribution in [0.15, 0.2) is 77.9 Å². The Morgan fingerprint density at radius 1 is 0.500 bits per heavy atom. The summed E-state index contributed by atoms with van der Waals surface area (Å²) in [4.78, 5) is 0. The number of aryl methyl sites for hydroxylation is 4. The molecule has 0 aromatic heterocycles. The second-order valence-electron chi connectivity index (χ2n) is 16.5. The number of fused-ring (bicyclic) bond motifs is 2. The van der Waals surface area contributed by atoms with Crippen LogP contribution in [-0.4, -0.2) is 0 Å². The fourth-order valence-electron chi connectivity index (χ4n) is 7.67. The van der Waals surface area contributed by atoms with E-state index < -0.39 is 0 Å². The van der Waals surface area contributed by atoms with Gasteiger partial charge in [0, 0.05) is 0 Å². The van der Waals surface area contributed by atoms with E-state index >= 15 is 0 Å².